The maximum Gasteiger partial charge on any atom is 0.277 e. The summed E-state index contributed by atoms with van der Waals surface area (Å²) in [4.78, 5) is 12.2. The van der Waals surface area contributed by atoms with Crippen molar-refractivity contribution >= 4 is 29.3 Å². The minimum absolute atomic E-state index is 0.113. The van der Waals surface area contributed by atoms with Crippen molar-refractivity contribution in [2.24, 2.45) is 0 Å². The third-order valence-electron chi connectivity index (χ3n) is 3.83. The van der Waals surface area contributed by atoms with E-state index >= 15 is 0 Å². The topological polar surface area (TPSA) is 68.0 Å². The van der Waals surface area contributed by atoms with Crippen LogP contribution in [0.2, 0.25) is 5.02 Å². The first-order valence-corrected chi connectivity index (χ1v) is 9.46. The number of carbonyl (C=O) groups excluding carboxylic acids is 1. The summed E-state index contributed by atoms with van der Waals surface area (Å²) in [6, 6.07) is 15.1. The molecule has 1 N–H and O–H groups in total. The average molecular weight is 388 g/mol. The van der Waals surface area contributed by atoms with E-state index in [4.69, 9.17) is 16.0 Å². The van der Waals surface area contributed by atoms with Crippen LogP contribution in [0, 0.1) is 6.92 Å². The second-order valence-corrected chi connectivity index (χ2v) is 7.18. The van der Waals surface area contributed by atoms with Gasteiger partial charge in [-0.25, -0.2) is 0 Å². The van der Waals surface area contributed by atoms with Gasteiger partial charge in [0, 0.05) is 10.6 Å². The summed E-state index contributed by atoms with van der Waals surface area (Å²) in [5.41, 5.74) is 2.90. The van der Waals surface area contributed by atoms with Crippen LogP contribution in [0.25, 0.3) is 11.5 Å². The van der Waals surface area contributed by atoms with E-state index in [-0.39, 0.29) is 17.7 Å². The normalized spacial score (nSPS) is 12.0. The second-order valence-electron chi connectivity index (χ2n) is 5.82. The van der Waals surface area contributed by atoms with Crippen molar-refractivity contribution in [3.8, 4) is 11.5 Å². The molecule has 3 rings (SSSR count). The summed E-state index contributed by atoms with van der Waals surface area (Å²) < 4.78 is 5.65. The Kier molecular flexibility index (Phi) is 5.96. The highest BCUT2D eigenvalue weighted by Gasteiger charge is 2.14. The summed E-state index contributed by atoms with van der Waals surface area (Å²) in [6.07, 6.45) is 0. The number of nitrogens with one attached hydrogen (secondary N) is 1. The SMILES string of the molecule is Cc1ccccc1-c1nnc(SCC(=O)N[C@@H](C)c2cccc(Cl)c2)o1. The van der Waals surface area contributed by atoms with E-state index in [2.05, 4.69) is 15.5 Å². The molecule has 0 spiro atoms. The zero-order chi connectivity index (χ0) is 18.5. The van der Waals surface area contributed by atoms with Gasteiger partial charge in [0.2, 0.25) is 11.8 Å². The smallest absolute Gasteiger partial charge is 0.277 e. The molecule has 0 radical (unpaired) electrons. The largest absolute Gasteiger partial charge is 0.411 e. The van der Waals surface area contributed by atoms with Gasteiger partial charge in [-0.15, -0.1) is 10.2 Å². The Morgan fingerprint density at radius 1 is 1.23 bits per heavy atom. The van der Waals surface area contributed by atoms with Crippen LogP contribution in [-0.4, -0.2) is 21.9 Å². The highest BCUT2D eigenvalue weighted by Crippen LogP contribution is 2.25. The number of aromatic nitrogens is 2. The van der Waals surface area contributed by atoms with Crippen LogP contribution in [0.15, 0.2) is 58.2 Å². The molecule has 5 nitrogen and oxygen atoms in total. The Labute approximate surface area is 161 Å². The maximum atomic E-state index is 12.2. The van der Waals surface area contributed by atoms with Crippen molar-refractivity contribution in [2.75, 3.05) is 5.75 Å². The highest BCUT2D eigenvalue weighted by atomic mass is 35.5. The Morgan fingerprint density at radius 2 is 2.04 bits per heavy atom. The van der Waals surface area contributed by atoms with Crippen molar-refractivity contribution < 1.29 is 9.21 Å². The maximum absolute atomic E-state index is 12.2. The van der Waals surface area contributed by atoms with Gasteiger partial charge >= 0.3 is 0 Å². The summed E-state index contributed by atoms with van der Waals surface area (Å²) >= 11 is 7.20. The monoisotopic (exact) mass is 387 g/mol. The van der Waals surface area contributed by atoms with Crippen LogP contribution in [-0.2, 0) is 4.79 Å². The van der Waals surface area contributed by atoms with Crippen LogP contribution in [0.4, 0.5) is 0 Å². The molecule has 26 heavy (non-hydrogen) atoms. The molecule has 1 atom stereocenters. The molecule has 2 aromatic carbocycles. The number of rotatable bonds is 6. The van der Waals surface area contributed by atoms with Gasteiger partial charge < -0.3 is 9.73 Å². The lowest BCUT2D eigenvalue weighted by atomic mass is 10.1. The Balaban J connectivity index is 1.56. The Morgan fingerprint density at radius 3 is 2.81 bits per heavy atom. The fourth-order valence-electron chi connectivity index (χ4n) is 2.46. The van der Waals surface area contributed by atoms with Crippen LogP contribution >= 0.6 is 23.4 Å². The predicted molar refractivity (Wildman–Crippen MR) is 103 cm³/mol. The van der Waals surface area contributed by atoms with E-state index in [1.54, 1.807) is 6.07 Å². The number of halogens is 1. The summed E-state index contributed by atoms with van der Waals surface area (Å²) in [5, 5.41) is 12.0. The van der Waals surface area contributed by atoms with Crippen molar-refractivity contribution in [1.29, 1.82) is 0 Å². The van der Waals surface area contributed by atoms with E-state index < -0.39 is 0 Å². The molecule has 0 saturated carbocycles. The van der Waals surface area contributed by atoms with Crippen LogP contribution < -0.4 is 5.32 Å². The number of benzene rings is 2. The van der Waals surface area contributed by atoms with Gasteiger partial charge in [0.25, 0.3) is 5.22 Å². The van der Waals surface area contributed by atoms with E-state index in [9.17, 15) is 4.79 Å². The molecule has 1 heterocycles. The molecule has 0 saturated heterocycles. The molecule has 3 aromatic rings. The number of aryl methyl sites for hydroxylation is 1. The molecule has 1 aromatic heterocycles. The average Bonchev–Trinajstić information content (AvgIpc) is 3.09. The van der Waals surface area contributed by atoms with Gasteiger partial charge in [-0.2, -0.15) is 0 Å². The van der Waals surface area contributed by atoms with Crippen molar-refractivity contribution in [1.82, 2.24) is 15.5 Å². The lowest BCUT2D eigenvalue weighted by Gasteiger charge is -2.14. The molecular weight excluding hydrogens is 370 g/mol. The molecule has 0 aliphatic rings. The van der Waals surface area contributed by atoms with E-state index in [1.807, 2.05) is 56.3 Å². The fourth-order valence-corrected chi connectivity index (χ4v) is 3.23. The quantitative estimate of drug-likeness (QED) is 0.622. The second kappa shape index (κ2) is 8.38. The Bertz CT molecular complexity index is 913. The fraction of sp³-hybridized carbons (Fsp3) is 0.211. The van der Waals surface area contributed by atoms with Crippen LogP contribution in [0.1, 0.15) is 24.1 Å². The summed E-state index contributed by atoms with van der Waals surface area (Å²) in [7, 11) is 0. The highest BCUT2D eigenvalue weighted by molar-refractivity contribution is 7.99. The molecule has 7 heteroatoms. The Hall–Kier alpha value is -2.31. The van der Waals surface area contributed by atoms with E-state index in [1.165, 1.54) is 11.8 Å². The predicted octanol–water partition coefficient (Wildman–Crippen LogP) is 4.67. The molecule has 0 unspecified atom stereocenters. The van der Waals surface area contributed by atoms with Crippen molar-refractivity contribution in [3.63, 3.8) is 0 Å². The molecule has 0 bridgehead atoms. The number of hydrogen-bond acceptors (Lipinski definition) is 5. The molecule has 134 valence electrons. The first kappa shape index (κ1) is 18.5. The number of hydrogen-bond donors (Lipinski definition) is 1. The van der Waals surface area contributed by atoms with E-state index in [0.717, 1.165) is 16.7 Å². The van der Waals surface area contributed by atoms with Gasteiger partial charge in [-0.3, -0.25) is 4.79 Å². The van der Waals surface area contributed by atoms with Crippen LogP contribution in [0.3, 0.4) is 0 Å². The zero-order valence-electron chi connectivity index (χ0n) is 14.4. The van der Waals surface area contributed by atoms with Gasteiger partial charge in [0.05, 0.1) is 11.8 Å². The molecule has 0 aliphatic carbocycles. The molecule has 0 aliphatic heterocycles. The minimum Gasteiger partial charge on any atom is -0.411 e. The van der Waals surface area contributed by atoms with Gasteiger partial charge in [0.15, 0.2) is 0 Å². The zero-order valence-corrected chi connectivity index (χ0v) is 16.0. The third-order valence-corrected chi connectivity index (χ3v) is 4.89. The first-order chi connectivity index (χ1) is 12.5. The first-order valence-electron chi connectivity index (χ1n) is 8.10. The molecule has 0 fully saturated rings. The van der Waals surface area contributed by atoms with Gasteiger partial charge in [-0.05, 0) is 43.2 Å². The van der Waals surface area contributed by atoms with E-state index in [0.29, 0.717) is 16.1 Å². The summed E-state index contributed by atoms with van der Waals surface area (Å²) in [6.45, 7) is 3.90. The van der Waals surface area contributed by atoms with Crippen molar-refractivity contribution in [2.45, 2.75) is 25.1 Å². The number of nitrogens with zero attached hydrogens (tertiary/aromatic N) is 2. The van der Waals surface area contributed by atoms with Gasteiger partial charge in [-0.1, -0.05) is 53.7 Å². The van der Waals surface area contributed by atoms with Crippen molar-refractivity contribution in [3.05, 3.63) is 64.7 Å². The van der Waals surface area contributed by atoms with Crippen LogP contribution in [0.5, 0.6) is 0 Å². The standard InChI is InChI=1S/C19H18ClN3O2S/c1-12-6-3-4-9-16(12)18-22-23-19(25-18)26-11-17(24)21-13(2)14-7-5-8-15(20)10-14/h3-10,13H,11H2,1-2H3,(H,21,24)/t13-/m0/s1. The lowest BCUT2D eigenvalue weighted by Crippen LogP contribution is -2.28. The minimum atomic E-state index is -0.132. The molecule has 1 amide bonds. The third kappa shape index (κ3) is 4.65. The number of thioether (sulfide) groups is 1. The summed E-state index contributed by atoms with van der Waals surface area (Å²) in [5.74, 6) is 0.539. The molecular formula is C19H18ClN3O2S. The lowest BCUT2D eigenvalue weighted by molar-refractivity contribution is -0.119. The van der Waals surface area contributed by atoms with Gasteiger partial charge in [0.1, 0.15) is 0 Å². The number of carbonyl (C=O) groups is 1. The number of amides is 1.